The molecule has 7 nitrogen and oxygen atoms in total. The van der Waals surface area contributed by atoms with Crippen molar-refractivity contribution in [2.24, 2.45) is 0 Å². The molecule has 1 radical (unpaired) electrons. The topological polar surface area (TPSA) is 73.8 Å². The molecule has 0 saturated carbocycles. The van der Waals surface area contributed by atoms with E-state index in [-0.39, 0.29) is 23.3 Å². The zero-order valence-electron chi connectivity index (χ0n) is 25.8. The van der Waals surface area contributed by atoms with Crippen molar-refractivity contribution in [3.8, 4) is 0 Å². The Balaban J connectivity index is 1.82. The number of likely N-dealkylation sites (N-methyl/N-ethyl adjacent to an activating group) is 1. The highest BCUT2D eigenvalue weighted by molar-refractivity contribution is 6.80. The van der Waals surface area contributed by atoms with Crippen LogP contribution in [0.5, 0.6) is 0 Å². The fourth-order valence-electron chi connectivity index (χ4n) is 4.14. The molecule has 0 bridgehead atoms. The van der Waals surface area contributed by atoms with Crippen molar-refractivity contribution in [3.05, 3.63) is 81.6 Å². The molecule has 1 aromatic heterocycles. The average Bonchev–Trinajstić information content (AvgIpc) is 2.92. The molecule has 42 heavy (non-hydrogen) atoms. The SMILES string of the molecule is Cc1c(Cl)nnc(Cl)c1CC(CO[Si](c1ccccc1)c1ccc(C(C)(C)C)cc1)OCCN(C)C(=O)OC(C)(C)C. The Hall–Kier alpha value is -2.49. The average molecular weight is 632 g/mol. The van der Waals surface area contributed by atoms with Gasteiger partial charge >= 0.3 is 6.09 Å². The largest absolute Gasteiger partial charge is 0.444 e. The van der Waals surface area contributed by atoms with Crippen LogP contribution in [-0.4, -0.2) is 68.7 Å². The normalized spacial score (nSPS) is 12.8. The summed E-state index contributed by atoms with van der Waals surface area (Å²) in [6, 6.07) is 19.0. The summed E-state index contributed by atoms with van der Waals surface area (Å²) in [7, 11) is 0.0877. The van der Waals surface area contributed by atoms with Crippen LogP contribution in [0.3, 0.4) is 0 Å². The molecule has 2 aromatic carbocycles. The van der Waals surface area contributed by atoms with Gasteiger partial charge in [-0.15, -0.1) is 10.2 Å². The van der Waals surface area contributed by atoms with Crippen LogP contribution in [0.4, 0.5) is 4.79 Å². The maximum atomic E-state index is 12.4. The lowest BCUT2D eigenvalue weighted by molar-refractivity contribution is -0.000114. The molecular formula is C32H42Cl2N3O4Si. The Morgan fingerprint density at radius 2 is 1.52 bits per heavy atom. The molecule has 3 rings (SSSR count). The second-order valence-electron chi connectivity index (χ2n) is 12.3. The van der Waals surface area contributed by atoms with Crippen LogP contribution in [0.25, 0.3) is 0 Å². The number of amides is 1. The summed E-state index contributed by atoms with van der Waals surface area (Å²) < 4.78 is 18.5. The van der Waals surface area contributed by atoms with Crippen molar-refractivity contribution in [2.45, 2.75) is 72.0 Å². The first-order valence-electron chi connectivity index (χ1n) is 14.0. The van der Waals surface area contributed by atoms with Crippen LogP contribution in [0.1, 0.15) is 58.2 Å². The van der Waals surface area contributed by atoms with Gasteiger partial charge in [-0.3, -0.25) is 0 Å². The van der Waals surface area contributed by atoms with Crippen molar-refractivity contribution in [3.63, 3.8) is 0 Å². The van der Waals surface area contributed by atoms with Crippen LogP contribution in [0.2, 0.25) is 10.3 Å². The van der Waals surface area contributed by atoms with Gasteiger partial charge < -0.3 is 18.8 Å². The van der Waals surface area contributed by atoms with E-state index in [1.54, 1.807) is 7.05 Å². The van der Waals surface area contributed by atoms with Crippen molar-refractivity contribution >= 4 is 48.7 Å². The maximum Gasteiger partial charge on any atom is 0.410 e. The van der Waals surface area contributed by atoms with Gasteiger partial charge in [0, 0.05) is 25.6 Å². The second-order valence-corrected chi connectivity index (χ2v) is 15.1. The minimum absolute atomic E-state index is 0.0570. The number of rotatable bonds is 11. The van der Waals surface area contributed by atoms with E-state index in [1.807, 2.05) is 45.9 Å². The third-order valence-electron chi connectivity index (χ3n) is 6.62. The van der Waals surface area contributed by atoms with Gasteiger partial charge in [-0.25, -0.2) is 4.79 Å². The van der Waals surface area contributed by atoms with Gasteiger partial charge in [-0.05, 0) is 54.6 Å². The van der Waals surface area contributed by atoms with E-state index in [4.69, 9.17) is 37.1 Å². The molecule has 227 valence electrons. The van der Waals surface area contributed by atoms with Crippen LogP contribution >= 0.6 is 23.2 Å². The third-order valence-corrected chi connectivity index (χ3v) is 9.45. The monoisotopic (exact) mass is 630 g/mol. The lowest BCUT2D eigenvalue weighted by Crippen LogP contribution is -2.47. The van der Waals surface area contributed by atoms with E-state index in [1.165, 1.54) is 10.5 Å². The molecule has 0 aliphatic carbocycles. The Morgan fingerprint density at radius 3 is 2.12 bits per heavy atom. The van der Waals surface area contributed by atoms with E-state index < -0.39 is 20.7 Å². The van der Waals surface area contributed by atoms with Crippen molar-refractivity contribution in [2.75, 3.05) is 26.8 Å². The number of nitrogens with zero attached hydrogens (tertiary/aromatic N) is 3. The molecule has 0 aliphatic heterocycles. The first kappa shape index (κ1) is 34.0. The summed E-state index contributed by atoms with van der Waals surface area (Å²) in [5.74, 6) is 0. The summed E-state index contributed by atoms with van der Waals surface area (Å²) in [6.07, 6.45) is -0.370. The smallest absolute Gasteiger partial charge is 0.410 e. The van der Waals surface area contributed by atoms with Crippen LogP contribution in [0.15, 0.2) is 54.6 Å². The minimum Gasteiger partial charge on any atom is -0.444 e. The van der Waals surface area contributed by atoms with Gasteiger partial charge in [-0.2, -0.15) is 0 Å². The Bertz CT molecular complexity index is 1310. The molecule has 10 heteroatoms. The predicted octanol–water partition coefficient (Wildman–Crippen LogP) is 6.01. The van der Waals surface area contributed by atoms with Crippen molar-refractivity contribution in [1.82, 2.24) is 15.1 Å². The number of halogens is 2. The Labute approximate surface area is 262 Å². The van der Waals surface area contributed by atoms with Gasteiger partial charge in [0.1, 0.15) is 5.60 Å². The highest BCUT2D eigenvalue weighted by Crippen LogP contribution is 2.24. The molecule has 0 saturated heterocycles. The Kier molecular flexibility index (Phi) is 12.0. The first-order chi connectivity index (χ1) is 19.7. The van der Waals surface area contributed by atoms with E-state index in [0.29, 0.717) is 24.7 Å². The van der Waals surface area contributed by atoms with Crippen molar-refractivity contribution in [1.29, 1.82) is 0 Å². The molecule has 0 spiro atoms. The number of benzene rings is 2. The van der Waals surface area contributed by atoms with E-state index in [0.717, 1.165) is 21.5 Å². The number of carbonyl (C=O) groups is 1. The summed E-state index contributed by atoms with van der Waals surface area (Å²) >= 11 is 12.7. The summed E-state index contributed by atoms with van der Waals surface area (Å²) in [4.78, 5) is 13.9. The summed E-state index contributed by atoms with van der Waals surface area (Å²) in [5, 5.41) is 10.8. The zero-order chi connectivity index (χ0) is 31.1. The van der Waals surface area contributed by atoms with Gasteiger partial charge in [0.25, 0.3) is 9.04 Å². The fourth-order valence-corrected chi connectivity index (χ4v) is 6.53. The molecule has 0 aliphatic rings. The molecule has 1 atom stereocenters. The van der Waals surface area contributed by atoms with Crippen molar-refractivity contribution < 1.29 is 18.7 Å². The van der Waals surface area contributed by atoms with Gasteiger partial charge in [0.05, 0.1) is 19.3 Å². The van der Waals surface area contributed by atoms with Gasteiger partial charge in [0.2, 0.25) is 0 Å². The first-order valence-corrected chi connectivity index (χ1v) is 16.2. The van der Waals surface area contributed by atoms with Gasteiger partial charge in [0.15, 0.2) is 10.3 Å². The molecular weight excluding hydrogens is 589 g/mol. The highest BCUT2D eigenvalue weighted by atomic mass is 35.5. The number of hydrogen-bond donors (Lipinski definition) is 0. The summed E-state index contributed by atoms with van der Waals surface area (Å²) in [6.45, 7) is 14.9. The molecule has 0 N–H and O–H groups in total. The van der Waals surface area contributed by atoms with Crippen LogP contribution < -0.4 is 10.4 Å². The van der Waals surface area contributed by atoms with Crippen LogP contribution in [-0.2, 0) is 25.7 Å². The molecule has 0 fully saturated rings. The minimum atomic E-state index is -1.60. The molecule has 3 aromatic rings. The quantitative estimate of drug-likeness (QED) is 0.242. The van der Waals surface area contributed by atoms with E-state index in [2.05, 4.69) is 67.4 Å². The predicted molar refractivity (Wildman–Crippen MR) is 172 cm³/mol. The number of ether oxygens (including phenoxy) is 2. The molecule has 1 amide bonds. The highest BCUT2D eigenvalue weighted by Gasteiger charge is 2.25. The lowest BCUT2D eigenvalue weighted by atomic mass is 9.87. The number of aromatic nitrogens is 2. The number of hydrogen-bond acceptors (Lipinski definition) is 6. The standard InChI is InChI=1S/C32H42Cl2N3O4Si/c1-22-27(29(34)36-35-28(22)33)20-24(39-19-18-37(8)30(38)41-32(5,6)7)21-40-42(25-12-10-9-11-13-25)26-16-14-23(15-17-26)31(2,3)4/h9-17,24H,18-21H2,1-8H3. The van der Waals surface area contributed by atoms with Gasteiger partial charge in [-0.1, -0.05) is 98.6 Å². The molecule has 1 unspecified atom stereocenters. The van der Waals surface area contributed by atoms with E-state index in [9.17, 15) is 4.79 Å². The van der Waals surface area contributed by atoms with E-state index >= 15 is 0 Å². The third kappa shape index (κ3) is 10.1. The Morgan fingerprint density at radius 1 is 0.929 bits per heavy atom. The lowest BCUT2D eigenvalue weighted by Gasteiger charge is -2.26. The number of carbonyl (C=O) groups excluding carboxylic acids is 1. The zero-order valence-corrected chi connectivity index (χ0v) is 28.3. The fraction of sp³-hybridized carbons (Fsp3) is 0.469. The summed E-state index contributed by atoms with van der Waals surface area (Å²) in [5.41, 5.74) is 2.26. The molecule has 1 heterocycles. The van der Waals surface area contributed by atoms with Crippen LogP contribution in [0, 0.1) is 6.92 Å². The second kappa shape index (κ2) is 14.8. The maximum absolute atomic E-state index is 12.4.